The Morgan fingerprint density at radius 3 is 2.34 bits per heavy atom. The normalized spacial score (nSPS) is 18.8. The van der Waals surface area contributed by atoms with E-state index in [2.05, 4.69) is 20.9 Å². The Bertz CT molecular complexity index is 1380. The van der Waals surface area contributed by atoms with Gasteiger partial charge in [0.2, 0.25) is 11.8 Å². The van der Waals surface area contributed by atoms with Gasteiger partial charge in [0, 0.05) is 41.5 Å². The van der Waals surface area contributed by atoms with Crippen molar-refractivity contribution in [2.24, 2.45) is 0 Å². The van der Waals surface area contributed by atoms with Gasteiger partial charge in [0.1, 0.15) is 17.5 Å². The van der Waals surface area contributed by atoms with Gasteiger partial charge >= 0.3 is 6.18 Å². The van der Waals surface area contributed by atoms with Gasteiger partial charge in [-0.25, -0.2) is 4.98 Å². The van der Waals surface area contributed by atoms with Gasteiger partial charge in [0.25, 0.3) is 0 Å². The Labute approximate surface area is 240 Å². The molecule has 1 aromatic heterocycles. The first-order chi connectivity index (χ1) is 19.4. The number of nitrogens with zero attached hydrogens (tertiary/aromatic N) is 1. The average Bonchev–Trinajstić information content (AvgIpc) is 2.89. The lowest BCUT2D eigenvalue weighted by molar-refractivity contribution is -0.141. The van der Waals surface area contributed by atoms with Crippen molar-refractivity contribution in [1.82, 2.24) is 15.6 Å². The topological polar surface area (TPSA) is 113 Å². The van der Waals surface area contributed by atoms with Crippen molar-refractivity contribution in [2.45, 2.75) is 76.5 Å². The number of amides is 2. The van der Waals surface area contributed by atoms with Gasteiger partial charge in [-0.2, -0.15) is 13.2 Å². The standard InChI is InChI=1S/C29H32ClF3N4O4/c1-16(38)34-26(13-18-3-10-22(11-4-18)41-17(2)39)28(40)36-21-8-6-20(7-9-21)35-25-15-27(29(31,32)33)37-24-12-5-19(30)14-23(24)25/h3-5,10-12,14-15,17,20-21,26,39H,6-9,13H2,1-2H3,(H,34,38)(H,35,37)(H,36,40)/t17?,20?,21?,26-/m0/s1. The number of rotatable bonds is 9. The van der Waals surface area contributed by atoms with E-state index in [0.717, 1.165) is 11.6 Å². The molecule has 4 N–H and O–H groups in total. The number of halogens is 4. The van der Waals surface area contributed by atoms with Crippen molar-refractivity contribution in [3.8, 4) is 5.75 Å². The monoisotopic (exact) mass is 592 g/mol. The minimum atomic E-state index is -4.59. The molecule has 1 aliphatic carbocycles. The lowest BCUT2D eigenvalue weighted by Crippen LogP contribution is -2.51. The molecule has 1 heterocycles. The van der Waals surface area contributed by atoms with Gasteiger partial charge < -0.3 is 25.8 Å². The summed E-state index contributed by atoms with van der Waals surface area (Å²) in [5, 5.41) is 19.2. The van der Waals surface area contributed by atoms with E-state index in [1.807, 2.05) is 0 Å². The second kappa shape index (κ2) is 12.9. The zero-order valence-corrected chi connectivity index (χ0v) is 23.4. The maximum atomic E-state index is 13.5. The van der Waals surface area contributed by atoms with Gasteiger partial charge in [-0.3, -0.25) is 9.59 Å². The van der Waals surface area contributed by atoms with Gasteiger partial charge in [0.15, 0.2) is 6.29 Å². The number of carbonyl (C=O) groups is 2. The Balaban J connectivity index is 1.38. The zero-order chi connectivity index (χ0) is 29.7. The summed E-state index contributed by atoms with van der Waals surface area (Å²) in [6.45, 7) is 2.84. The molecule has 0 aliphatic heterocycles. The SMILES string of the molecule is CC(=O)N[C@@H](Cc1ccc(OC(C)O)cc1)C(=O)NC1CCC(Nc2cc(C(F)(F)F)nc3ccc(Cl)cc23)CC1. The minimum Gasteiger partial charge on any atom is -0.465 e. The highest BCUT2D eigenvalue weighted by molar-refractivity contribution is 6.31. The summed E-state index contributed by atoms with van der Waals surface area (Å²) < 4.78 is 45.6. The van der Waals surface area contributed by atoms with Gasteiger partial charge in [-0.1, -0.05) is 23.7 Å². The number of ether oxygens (including phenoxy) is 1. The molecule has 220 valence electrons. The molecular formula is C29H32ClF3N4O4. The molecule has 8 nitrogen and oxygen atoms in total. The zero-order valence-electron chi connectivity index (χ0n) is 22.6. The second-order valence-electron chi connectivity index (χ2n) is 10.2. The van der Waals surface area contributed by atoms with Crippen molar-refractivity contribution in [3.63, 3.8) is 0 Å². The van der Waals surface area contributed by atoms with Crippen molar-refractivity contribution in [1.29, 1.82) is 0 Å². The summed E-state index contributed by atoms with van der Waals surface area (Å²) in [4.78, 5) is 28.7. The molecule has 2 aromatic carbocycles. The number of carbonyl (C=O) groups excluding carboxylic acids is 2. The van der Waals surface area contributed by atoms with E-state index in [9.17, 15) is 27.9 Å². The highest BCUT2D eigenvalue weighted by Gasteiger charge is 2.34. The molecular weight excluding hydrogens is 561 g/mol. The average molecular weight is 593 g/mol. The van der Waals surface area contributed by atoms with Crippen LogP contribution < -0.4 is 20.7 Å². The van der Waals surface area contributed by atoms with Crippen LogP contribution in [0, 0.1) is 0 Å². The van der Waals surface area contributed by atoms with E-state index in [1.165, 1.54) is 26.0 Å². The van der Waals surface area contributed by atoms with E-state index < -0.39 is 24.2 Å². The van der Waals surface area contributed by atoms with Crippen LogP contribution in [0.4, 0.5) is 18.9 Å². The number of benzene rings is 2. The van der Waals surface area contributed by atoms with E-state index >= 15 is 0 Å². The largest absolute Gasteiger partial charge is 0.465 e. The maximum absolute atomic E-state index is 13.5. The summed E-state index contributed by atoms with van der Waals surface area (Å²) in [5.41, 5.74) is 0.326. The Morgan fingerprint density at radius 2 is 1.73 bits per heavy atom. The lowest BCUT2D eigenvalue weighted by atomic mass is 9.90. The fourth-order valence-corrected chi connectivity index (χ4v) is 5.13. The van der Waals surface area contributed by atoms with Crippen LogP contribution in [0.1, 0.15) is 50.8 Å². The van der Waals surface area contributed by atoms with Crippen LogP contribution >= 0.6 is 11.6 Å². The van der Waals surface area contributed by atoms with Gasteiger partial charge in [-0.05, 0) is 74.6 Å². The number of fused-ring (bicyclic) bond motifs is 1. The van der Waals surface area contributed by atoms with Crippen LogP contribution in [-0.4, -0.2) is 46.3 Å². The number of aromatic nitrogens is 1. The van der Waals surface area contributed by atoms with Crippen molar-refractivity contribution >= 4 is 40.0 Å². The van der Waals surface area contributed by atoms with Crippen LogP contribution in [0.2, 0.25) is 5.02 Å². The maximum Gasteiger partial charge on any atom is 0.433 e. The van der Waals surface area contributed by atoms with E-state index in [0.29, 0.717) is 47.5 Å². The molecule has 3 aromatic rings. The summed E-state index contributed by atoms with van der Waals surface area (Å²) in [5.74, 6) is -0.173. The molecule has 0 spiro atoms. The molecule has 4 rings (SSSR count). The predicted octanol–water partition coefficient (Wildman–Crippen LogP) is 5.21. The predicted molar refractivity (Wildman–Crippen MR) is 150 cm³/mol. The number of pyridine rings is 1. The van der Waals surface area contributed by atoms with Crippen LogP contribution in [0.15, 0.2) is 48.5 Å². The van der Waals surface area contributed by atoms with Crippen LogP contribution in [0.3, 0.4) is 0 Å². The Hall–Kier alpha value is -3.57. The first-order valence-electron chi connectivity index (χ1n) is 13.3. The van der Waals surface area contributed by atoms with Gasteiger partial charge in [0.05, 0.1) is 5.52 Å². The molecule has 0 bridgehead atoms. The first-order valence-corrected chi connectivity index (χ1v) is 13.7. The molecule has 1 fully saturated rings. The highest BCUT2D eigenvalue weighted by atomic mass is 35.5. The molecule has 12 heteroatoms. The summed E-state index contributed by atoms with van der Waals surface area (Å²) >= 11 is 6.10. The Morgan fingerprint density at radius 1 is 1.07 bits per heavy atom. The summed E-state index contributed by atoms with van der Waals surface area (Å²) in [6, 6.07) is 11.4. The van der Waals surface area contributed by atoms with Crippen LogP contribution in [0.25, 0.3) is 10.9 Å². The van der Waals surface area contributed by atoms with E-state index in [1.54, 1.807) is 30.3 Å². The summed E-state index contributed by atoms with van der Waals surface area (Å²) in [7, 11) is 0. The Kier molecular flexibility index (Phi) is 9.60. The minimum absolute atomic E-state index is 0.109. The number of anilines is 1. The number of aliphatic hydroxyl groups excluding tert-OH is 1. The first kappa shape index (κ1) is 30.4. The molecule has 1 saturated carbocycles. The third kappa shape index (κ3) is 8.46. The van der Waals surface area contributed by atoms with Crippen LogP contribution in [0.5, 0.6) is 5.75 Å². The highest BCUT2D eigenvalue weighted by Crippen LogP contribution is 2.35. The molecule has 2 atom stereocenters. The number of aliphatic hydroxyl groups is 1. The molecule has 0 radical (unpaired) electrons. The number of alkyl halides is 3. The molecule has 0 saturated heterocycles. The molecule has 1 unspecified atom stereocenters. The molecule has 41 heavy (non-hydrogen) atoms. The number of hydrogen-bond acceptors (Lipinski definition) is 6. The lowest BCUT2D eigenvalue weighted by Gasteiger charge is -2.31. The fraction of sp³-hybridized carbons (Fsp3) is 0.414. The van der Waals surface area contributed by atoms with Gasteiger partial charge in [-0.15, -0.1) is 0 Å². The molecule has 2 amide bonds. The third-order valence-electron chi connectivity index (χ3n) is 6.86. The fourth-order valence-electron chi connectivity index (χ4n) is 4.96. The second-order valence-corrected chi connectivity index (χ2v) is 10.7. The van der Waals surface area contributed by atoms with Crippen molar-refractivity contribution < 1.29 is 32.6 Å². The third-order valence-corrected chi connectivity index (χ3v) is 7.09. The number of hydrogen-bond donors (Lipinski definition) is 4. The van der Waals surface area contributed by atoms with Crippen molar-refractivity contribution in [3.05, 3.63) is 64.8 Å². The number of nitrogens with one attached hydrogen (secondary N) is 3. The van der Waals surface area contributed by atoms with Crippen LogP contribution in [-0.2, 0) is 22.2 Å². The molecule has 1 aliphatic rings. The quantitative estimate of drug-likeness (QED) is 0.254. The van der Waals surface area contributed by atoms with Crippen molar-refractivity contribution in [2.75, 3.05) is 5.32 Å². The summed E-state index contributed by atoms with van der Waals surface area (Å²) in [6.07, 6.45) is -2.84. The van der Waals surface area contributed by atoms with E-state index in [-0.39, 0.29) is 35.8 Å². The smallest absolute Gasteiger partial charge is 0.433 e. The van der Waals surface area contributed by atoms with E-state index in [4.69, 9.17) is 16.3 Å².